The Kier molecular flexibility index (Phi) is 3.18. The second kappa shape index (κ2) is 3.81. The SMILES string of the molecule is CC1(C)C=CC(O)(C#C[Si](C)(C)C)CC1. The van der Waals surface area contributed by atoms with Gasteiger partial charge in [0.1, 0.15) is 13.7 Å². The fourth-order valence-corrected chi connectivity index (χ4v) is 2.03. The molecule has 2 heteroatoms. The zero-order valence-electron chi connectivity index (χ0n) is 10.5. The van der Waals surface area contributed by atoms with Gasteiger partial charge in [-0.25, -0.2) is 0 Å². The Morgan fingerprint density at radius 3 is 2.13 bits per heavy atom. The van der Waals surface area contributed by atoms with Gasteiger partial charge in [0, 0.05) is 0 Å². The van der Waals surface area contributed by atoms with E-state index >= 15 is 0 Å². The minimum atomic E-state index is -1.38. The molecule has 1 aliphatic carbocycles. The molecular weight excluding hydrogens is 200 g/mol. The van der Waals surface area contributed by atoms with E-state index in [4.69, 9.17) is 0 Å². The minimum absolute atomic E-state index is 0.215. The standard InChI is InChI=1S/C13H22OSi/c1-12(2)6-8-13(14,9-7-12)10-11-15(3,4)5/h6,8,14H,7,9H2,1-5H3. The second-order valence-electron chi connectivity index (χ2n) is 6.25. The quantitative estimate of drug-likeness (QED) is 0.379. The third kappa shape index (κ3) is 4.23. The molecule has 0 bridgehead atoms. The Morgan fingerprint density at radius 1 is 1.13 bits per heavy atom. The smallest absolute Gasteiger partial charge is 0.143 e. The molecular formula is C13H22OSi. The molecule has 0 aromatic rings. The maximum absolute atomic E-state index is 10.2. The fourth-order valence-electron chi connectivity index (χ4n) is 1.44. The Hall–Kier alpha value is -0.523. The maximum atomic E-state index is 10.2. The molecule has 0 radical (unpaired) electrons. The van der Waals surface area contributed by atoms with Crippen molar-refractivity contribution in [2.75, 3.05) is 0 Å². The van der Waals surface area contributed by atoms with E-state index in [1.165, 1.54) is 0 Å². The molecule has 0 spiro atoms. The van der Waals surface area contributed by atoms with Crippen LogP contribution in [-0.4, -0.2) is 18.8 Å². The van der Waals surface area contributed by atoms with E-state index in [-0.39, 0.29) is 5.41 Å². The van der Waals surface area contributed by atoms with Crippen LogP contribution in [0, 0.1) is 16.9 Å². The summed E-state index contributed by atoms with van der Waals surface area (Å²) in [6.07, 6.45) is 5.73. The second-order valence-corrected chi connectivity index (χ2v) is 11.0. The third-order valence-electron chi connectivity index (χ3n) is 2.61. The van der Waals surface area contributed by atoms with E-state index in [0.29, 0.717) is 0 Å². The molecule has 0 saturated heterocycles. The van der Waals surface area contributed by atoms with Crippen molar-refractivity contribution in [2.24, 2.45) is 5.41 Å². The van der Waals surface area contributed by atoms with Crippen LogP contribution < -0.4 is 0 Å². The highest BCUT2D eigenvalue weighted by atomic mass is 28.3. The topological polar surface area (TPSA) is 20.2 Å². The van der Waals surface area contributed by atoms with E-state index < -0.39 is 13.7 Å². The van der Waals surface area contributed by atoms with Crippen molar-refractivity contribution >= 4 is 8.07 Å². The van der Waals surface area contributed by atoms with Gasteiger partial charge in [0.15, 0.2) is 0 Å². The predicted octanol–water partition coefficient (Wildman–Crippen LogP) is 2.97. The van der Waals surface area contributed by atoms with Crippen molar-refractivity contribution < 1.29 is 5.11 Å². The first-order chi connectivity index (χ1) is 6.62. The fraction of sp³-hybridized carbons (Fsp3) is 0.692. The molecule has 84 valence electrons. The number of allylic oxidation sites excluding steroid dienone is 1. The summed E-state index contributed by atoms with van der Waals surface area (Å²) in [5.74, 6) is 3.06. The van der Waals surface area contributed by atoms with Crippen molar-refractivity contribution in [1.29, 1.82) is 0 Å². The molecule has 1 rings (SSSR count). The highest BCUT2D eigenvalue weighted by Gasteiger charge is 2.30. The summed E-state index contributed by atoms with van der Waals surface area (Å²) in [5, 5.41) is 10.2. The molecule has 1 nitrogen and oxygen atoms in total. The van der Waals surface area contributed by atoms with E-state index in [9.17, 15) is 5.11 Å². The Labute approximate surface area is 94.6 Å². The summed E-state index contributed by atoms with van der Waals surface area (Å²) < 4.78 is 0. The Balaban J connectivity index is 2.83. The number of hydrogen-bond donors (Lipinski definition) is 1. The molecule has 1 aliphatic rings. The van der Waals surface area contributed by atoms with Gasteiger partial charge in [-0.2, -0.15) is 0 Å². The summed E-state index contributed by atoms with van der Waals surface area (Å²) in [7, 11) is -1.38. The molecule has 1 atom stereocenters. The van der Waals surface area contributed by atoms with Gasteiger partial charge in [0.25, 0.3) is 0 Å². The molecule has 0 fully saturated rings. The maximum Gasteiger partial charge on any atom is 0.143 e. The molecule has 1 unspecified atom stereocenters. The monoisotopic (exact) mass is 222 g/mol. The van der Waals surface area contributed by atoms with Crippen LogP contribution >= 0.6 is 0 Å². The van der Waals surface area contributed by atoms with Gasteiger partial charge >= 0.3 is 0 Å². The molecule has 0 heterocycles. The lowest BCUT2D eigenvalue weighted by Crippen LogP contribution is -2.31. The summed E-state index contributed by atoms with van der Waals surface area (Å²) in [4.78, 5) is 0. The number of aliphatic hydroxyl groups is 1. The van der Waals surface area contributed by atoms with Crippen LogP contribution in [0.1, 0.15) is 26.7 Å². The van der Waals surface area contributed by atoms with Crippen molar-refractivity contribution in [3.63, 3.8) is 0 Å². The first-order valence-corrected chi connectivity index (χ1v) is 9.09. The summed E-state index contributed by atoms with van der Waals surface area (Å²) in [6, 6.07) is 0. The van der Waals surface area contributed by atoms with Crippen LogP contribution in [0.25, 0.3) is 0 Å². The highest BCUT2D eigenvalue weighted by molar-refractivity contribution is 6.83. The molecule has 0 aromatic carbocycles. The summed E-state index contributed by atoms with van der Waals surface area (Å²) >= 11 is 0. The van der Waals surface area contributed by atoms with E-state index in [0.717, 1.165) is 12.8 Å². The van der Waals surface area contributed by atoms with Gasteiger partial charge in [0.2, 0.25) is 0 Å². The van der Waals surface area contributed by atoms with Crippen LogP contribution in [0.3, 0.4) is 0 Å². The number of rotatable bonds is 0. The molecule has 0 saturated carbocycles. The van der Waals surface area contributed by atoms with Crippen molar-refractivity contribution in [2.45, 2.75) is 51.9 Å². The molecule has 0 aromatic heterocycles. The van der Waals surface area contributed by atoms with E-state index in [2.05, 4.69) is 51.0 Å². The van der Waals surface area contributed by atoms with Gasteiger partial charge in [-0.1, -0.05) is 45.5 Å². The number of hydrogen-bond acceptors (Lipinski definition) is 1. The van der Waals surface area contributed by atoms with Crippen molar-refractivity contribution in [3.8, 4) is 11.5 Å². The predicted molar refractivity (Wildman–Crippen MR) is 68.2 cm³/mol. The van der Waals surface area contributed by atoms with Crippen LogP contribution in [0.5, 0.6) is 0 Å². The Morgan fingerprint density at radius 2 is 1.73 bits per heavy atom. The van der Waals surface area contributed by atoms with Gasteiger partial charge in [-0.05, 0) is 24.3 Å². The molecule has 0 amide bonds. The molecule has 15 heavy (non-hydrogen) atoms. The normalized spacial score (nSPS) is 29.5. The average Bonchev–Trinajstić information content (AvgIpc) is 2.07. The van der Waals surface area contributed by atoms with Crippen LogP contribution in [-0.2, 0) is 0 Å². The van der Waals surface area contributed by atoms with E-state index in [1.54, 1.807) is 0 Å². The third-order valence-corrected chi connectivity index (χ3v) is 3.49. The summed E-state index contributed by atoms with van der Waals surface area (Å²) in [6.45, 7) is 11.0. The van der Waals surface area contributed by atoms with Crippen LogP contribution in [0.2, 0.25) is 19.6 Å². The van der Waals surface area contributed by atoms with Crippen molar-refractivity contribution in [3.05, 3.63) is 12.2 Å². The molecule has 1 N–H and O–H groups in total. The zero-order chi connectivity index (χ0) is 11.7. The highest BCUT2D eigenvalue weighted by Crippen LogP contribution is 2.34. The Bertz CT molecular complexity index is 325. The van der Waals surface area contributed by atoms with Crippen LogP contribution in [0.15, 0.2) is 12.2 Å². The van der Waals surface area contributed by atoms with Gasteiger partial charge in [0.05, 0.1) is 0 Å². The zero-order valence-corrected chi connectivity index (χ0v) is 11.5. The average molecular weight is 222 g/mol. The molecule has 0 aliphatic heterocycles. The lowest BCUT2D eigenvalue weighted by molar-refractivity contribution is 0.117. The first kappa shape index (κ1) is 12.5. The first-order valence-electron chi connectivity index (χ1n) is 5.59. The van der Waals surface area contributed by atoms with Crippen molar-refractivity contribution in [1.82, 2.24) is 0 Å². The minimum Gasteiger partial charge on any atom is -0.374 e. The van der Waals surface area contributed by atoms with Gasteiger partial charge < -0.3 is 5.11 Å². The largest absolute Gasteiger partial charge is 0.374 e. The van der Waals surface area contributed by atoms with Gasteiger partial charge in [-0.3, -0.25) is 0 Å². The van der Waals surface area contributed by atoms with Crippen LogP contribution in [0.4, 0.5) is 0 Å². The summed E-state index contributed by atoms with van der Waals surface area (Å²) in [5.41, 5.74) is 2.60. The van der Waals surface area contributed by atoms with Gasteiger partial charge in [-0.15, -0.1) is 5.54 Å². The lowest BCUT2D eigenvalue weighted by Gasteiger charge is -2.31. The lowest BCUT2D eigenvalue weighted by atomic mass is 9.77. The van der Waals surface area contributed by atoms with E-state index in [1.807, 2.05) is 6.08 Å².